The topological polar surface area (TPSA) is 49.8 Å². The monoisotopic (exact) mass is 469 g/mol. The third-order valence-corrected chi connectivity index (χ3v) is 5.35. The van der Waals surface area contributed by atoms with Crippen LogP contribution >= 0.6 is 0 Å². The Morgan fingerprint density at radius 3 is 1.62 bits per heavy atom. The van der Waals surface area contributed by atoms with Gasteiger partial charge < -0.3 is 14.7 Å². The molecule has 0 aromatic heterocycles. The Morgan fingerprint density at radius 2 is 1.31 bits per heavy atom. The molecule has 0 aromatic carbocycles. The quantitative estimate of drug-likeness (QED) is 0.378. The second kappa shape index (κ2) is 11.1. The van der Waals surface area contributed by atoms with Gasteiger partial charge in [0.25, 0.3) is 6.10 Å². The Kier molecular flexibility index (Phi) is 9.62. The van der Waals surface area contributed by atoms with Crippen LogP contribution in [0.15, 0.2) is 47.6 Å². The summed E-state index contributed by atoms with van der Waals surface area (Å²) < 4.78 is 79.9. The number of aliphatic hydroxyl groups is 1. The second-order valence-corrected chi connectivity index (χ2v) is 7.36. The van der Waals surface area contributed by atoms with Gasteiger partial charge in [0, 0.05) is 13.1 Å². The van der Waals surface area contributed by atoms with Gasteiger partial charge in [-0.3, -0.25) is 0 Å². The van der Waals surface area contributed by atoms with E-state index in [1.165, 1.54) is 0 Å². The average molecular weight is 469 g/mol. The fourth-order valence-corrected chi connectivity index (χ4v) is 3.86. The molecule has 0 saturated carbocycles. The minimum atomic E-state index is -5.77. The van der Waals surface area contributed by atoms with Gasteiger partial charge in [-0.1, -0.05) is 36.5 Å². The van der Waals surface area contributed by atoms with Crippen LogP contribution in [0.1, 0.15) is 40.5 Å². The Bertz CT molecular complexity index is 715. The first kappa shape index (κ1) is 27.8. The van der Waals surface area contributed by atoms with E-state index in [1.54, 1.807) is 64.2 Å². The summed E-state index contributed by atoms with van der Waals surface area (Å²) in [6, 6.07) is 0. The van der Waals surface area contributed by atoms with Crippen molar-refractivity contribution in [2.45, 2.75) is 64.6 Å². The van der Waals surface area contributed by atoms with Gasteiger partial charge in [-0.2, -0.15) is 26.3 Å². The molecule has 1 saturated heterocycles. The summed E-state index contributed by atoms with van der Waals surface area (Å²) in [5.74, 6) is -0.433. The zero-order chi connectivity index (χ0) is 24.7. The third kappa shape index (κ3) is 6.40. The van der Waals surface area contributed by atoms with Crippen LogP contribution in [0.2, 0.25) is 0 Å². The van der Waals surface area contributed by atoms with Crippen LogP contribution < -0.4 is 0 Å². The second-order valence-electron chi connectivity index (χ2n) is 7.36. The van der Waals surface area contributed by atoms with E-state index in [0.717, 1.165) is 4.90 Å². The van der Waals surface area contributed by atoms with E-state index in [2.05, 4.69) is 4.74 Å². The molecule has 4 nitrogen and oxygen atoms in total. The number of amides is 1. The van der Waals surface area contributed by atoms with Gasteiger partial charge in [-0.15, -0.1) is 0 Å². The smallest absolute Gasteiger partial charge is 0.426 e. The number of hydrogen-bond donors (Lipinski definition) is 1. The summed E-state index contributed by atoms with van der Waals surface area (Å²) in [5, 5.41) is 11.7. The predicted molar refractivity (Wildman–Crippen MR) is 109 cm³/mol. The van der Waals surface area contributed by atoms with Gasteiger partial charge in [0.2, 0.25) is 0 Å². The lowest BCUT2D eigenvalue weighted by atomic mass is 9.70. The van der Waals surface area contributed by atoms with Crippen LogP contribution in [0.25, 0.3) is 0 Å². The summed E-state index contributed by atoms with van der Waals surface area (Å²) >= 11 is 0. The number of allylic oxidation sites excluding steroid dienone is 4. The van der Waals surface area contributed by atoms with Crippen LogP contribution in [-0.4, -0.2) is 53.2 Å². The largest absolute Gasteiger partial charge is 0.434 e. The molecule has 1 N–H and O–H groups in total. The predicted octanol–water partition coefficient (Wildman–Crippen LogP) is 6.10. The summed E-state index contributed by atoms with van der Waals surface area (Å²) in [5.41, 5.74) is -0.248. The molecule has 182 valence electrons. The zero-order valence-corrected chi connectivity index (χ0v) is 18.4. The van der Waals surface area contributed by atoms with E-state index in [0.29, 0.717) is 11.1 Å². The van der Waals surface area contributed by atoms with E-state index in [-0.39, 0.29) is 25.9 Å². The number of halogens is 6. The highest BCUT2D eigenvalue weighted by molar-refractivity contribution is 5.68. The van der Waals surface area contributed by atoms with Crippen molar-refractivity contribution >= 4 is 6.09 Å². The van der Waals surface area contributed by atoms with Crippen molar-refractivity contribution in [2.75, 3.05) is 13.1 Å². The van der Waals surface area contributed by atoms with Crippen LogP contribution in [0.5, 0.6) is 0 Å². The van der Waals surface area contributed by atoms with E-state index in [4.69, 9.17) is 0 Å². The molecule has 1 amide bonds. The molecule has 0 spiro atoms. The van der Waals surface area contributed by atoms with Crippen LogP contribution in [0.4, 0.5) is 31.1 Å². The molecule has 0 aromatic rings. The van der Waals surface area contributed by atoms with Gasteiger partial charge in [-0.05, 0) is 57.6 Å². The highest BCUT2D eigenvalue weighted by atomic mass is 19.4. The normalized spacial score (nSPS) is 19.8. The Balaban J connectivity index is 3.10. The number of rotatable bonds is 6. The third-order valence-electron chi connectivity index (χ3n) is 5.35. The SMILES string of the molecule is C/C=C\C(=C/C)C(O)(C(/C=C\C)=C/C)C1CCN(C(=O)OC(C(F)(F)F)C(F)(F)F)CC1. The first-order chi connectivity index (χ1) is 14.8. The number of hydrogen-bond acceptors (Lipinski definition) is 3. The lowest BCUT2D eigenvalue weighted by molar-refractivity contribution is -0.308. The van der Waals surface area contributed by atoms with Crippen molar-refractivity contribution < 1.29 is 41.0 Å². The number of likely N-dealkylation sites (tertiary alicyclic amines) is 1. The molecule has 0 atom stereocenters. The van der Waals surface area contributed by atoms with Gasteiger partial charge in [0.1, 0.15) is 5.60 Å². The van der Waals surface area contributed by atoms with Crippen LogP contribution in [-0.2, 0) is 4.74 Å². The lowest BCUT2D eigenvalue weighted by Gasteiger charge is -2.43. The van der Waals surface area contributed by atoms with Gasteiger partial charge in [-0.25, -0.2) is 4.79 Å². The Labute approximate surface area is 183 Å². The Hall–Kier alpha value is -2.23. The molecular formula is C22H29F6NO3. The van der Waals surface area contributed by atoms with Gasteiger partial charge >= 0.3 is 18.4 Å². The molecule has 0 radical (unpaired) electrons. The maximum atomic E-state index is 12.7. The number of carbonyl (C=O) groups excluding carboxylic acids is 1. The van der Waals surface area contributed by atoms with Crippen molar-refractivity contribution in [3.8, 4) is 0 Å². The molecule has 0 aliphatic carbocycles. The number of ether oxygens (including phenoxy) is 1. The molecule has 1 heterocycles. The van der Waals surface area contributed by atoms with E-state index in [9.17, 15) is 36.2 Å². The zero-order valence-electron chi connectivity index (χ0n) is 18.4. The minimum Gasteiger partial charge on any atom is -0.426 e. The van der Waals surface area contributed by atoms with Crippen LogP contribution in [0, 0.1) is 5.92 Å². The molecule has 0 bridgehead atoms. The maximum absolute atomic E-state index is 12.7. The molecular weight excluding hydrogens is 440 g/mol. The van der Waals surface area contributed by atoms with Crippen molar-refractivity contribution in [3.05, 3.63) is 47.6 Å². The van der Waals surface area contributed by atoms with Crippen LogP contribution in [0.3, 0.4) is 0 Å². The fourth-order valence-electron chi connectivity index (χ4n) is 3.86. The molecule has 1 rings (SSSR count). The van der Waals surface area contributed by atoms with Gasteiger partial charge in [0.05, 0.1) is 0 Å². The molecule has 32 heavy (non-hydrogen) atoms. The fraction of sp³-hybridized carbons (Fsp3) is 0.591. The first-order valence-corrected chi connectivity index (χ1v) is 10.2. The molecule has 1 aliphatic heterocycles. The van der Waals surface area contributed by atoms with E-state index in [1.807, 2.05) is 0 Å². The van der Waals surface area contributed by atoms with Crippen molar-refractivity contribution in [2.24, 2.45) is 5.92 Å². The average Bonchev–Trinajstić information content (AvgIpc) is 2.71. The highest BCUT2D eigenvalue weighted by Crippen LogP contribution is 2.41. The number of alkyl halides is 6. The van der Waals surface area contributed by atoms with Crippen molar-refractivity contribution in [3.63, 3.8) is 0 Å². The molecule has 1 fully saturated rings. The van der Waals surface area contributed by atoms with E-state index >= 15 is 0 Å². The minimum absolute atomic E-state index is 0.151. The summed E-state index contributed by atoms with van der Waals surface area (Å²) in [6.07, 6.45) is -6.65. The highest BCUT2D eigenvalue weighted by Gasteiger charge is 2.60. The lowest BCUT2D eigenvalue weighted by Crippen LogP contribution is -2.51. The van der Waals surface area contributed by atoms with Gasteiger partial charge in [0.15, 0.2) is 0 Å². The summed E-state index contributed by atoms with van der Waals surface area (Å²) in [7, 11) is 0. The maximum Gasteiger partial charge on any atom is 0.434 e. The van der Waals surface area contributed by atoms with E-state index < -0.39 is 36.1 Å². The molecule has 1 aliphatic rings. The number of piperidine rings is 1. The van der Waals surface area contributed by atoms with Crippen molar-refractivity contribution in [1.82, 2.24) is 4.90 Å². The molecule has 0 unspecified atom stereocenters. The van der Waals surface area contributed by atoms with Crippen molar-refractivity contribution in [1.29, 1.82) is 0 Å². The molecule has 10 heteroatoms. The Morgan fingerprint density at radius 1 is 0.906 bits per heavy atom. The number of carbonyl (C=O) groups is 1. The first-order valence-electron chi connectivity index (χ1n) is 10.2. The number of nitrogens with zero attached hydrogens (tertiary/aromatic N) is 1. The summed E-state index contributed by atoms with van der Waals surface area (Å²) in [6.45, 7) is 6.76. The summed E-state index contributed by atoms with van der Waals surface area (Å²) in [4.78, 5) is 12.8. The standard InChI is InChI=1S/C22H29F6NO3/c1-5-9-15(7-3)20(31,16(8-4)10-6-2)17-11-13-29(14-12-17)19(30)32-18(21(23,24)25)22(26,27)28/h5-10,17-18,31H,11-14H2,1-4H3/b9-5-,10-6-,15-7+,16-8+.